The van der Waals surface area contributed by atoms with E-state index in [9.17, 15) is 0 Å². The predicted octanol–water partition coefficient (Wildman–Crippen LogP) is 1.04. The summed E-state index contributed by atoms with van der Waals surface area (Å²) in [6.45, 7) is 1.03. The van der Waals surface area contributed by atoms with Gasteiger partial charge in [0.2, 0.25) is 6.41 Å². The molecule has 3 heteroatoms. The van der Waals surface area contributed by atoms with Crippen molar-refractivity contribution < 1.29 is 4.79 Å². The van der Waals surface area contributed by atoms with E-state index in [2.05, 4.69) is 41.4 Å². The molecule has 0 aliphatic heterocycles. The van der Waals surface area contributed by atoms with Crippen LogP contribution >= 0.6 is 0 Å². The van der Waals surface area contributed by atoms with Gasteiger partial charge in [-0.3, -0.25) is 4.79 Å². The fourth-order valence-electron chi connectivity index (χ4n) is 1.15. The number of nitrogens with one attached hydrogen (secondary N) is 1. The molecule has 1 fully saturated rings. The van der Waals surface area contributed by atoms with Crippen molar-refractivity contribution in [1.29, 1.82) is 0 Å². The molecule has 0 unspecified atom stereocenters. The lowest BCUT2D eigenvalue weighted by molar-refractivity contribution is -0.106. The van der Waals surface area contributed by atoms with E-state index in [0.717, 1.165) is 12.6 Å². The average Bonchev–Trinajstić information content (AvgIpc) is 3.01. The van der Waals surface area contributed by atoms with Crippen LogP contribution in [0.5, 0.6) is 0 Å². The molecule has 1 saturated carbocycles. The topological polar surface area (TPSA) is 55.1 Å². The minimum Gasteiger partial charge on any atom is -0.372 e. The molecular weight excluding hydrogens is 176 g/mol. The average molecular weight is 192 g/mol. The van der Waals surface area contributed by atoms with Gasteiger partial charge in [-0.25, -0.2) is 0 Å². The first-order chi connectivity index (χ1) is 6.86. The summed E-state index contributed by atoms with van der Waals surface area (Å²) < 4.78 is 0. The van der Waals surface area contributed by atoms with Gasteiger partial charge in [0.25, 0.3) is 0 Å². The lowest BCUT2D eigenvalue weighted by Crippen LogP contribution is -2.14. The van der Waals surface area contributed by atoms with Gasteiger partial charge in [-0.05, 0) is 18.4 Å². The van der Waals surface area contributed by atoms with Gasteiger partial charge in [-0.1, -0.05) is 30.3 Å². The van der Waals surface area contributed by atoms with Gasteiger partial charge in [0, 0.05) is 12.6 Å². The monoisotopic (exact) mass is 192 g/mol. The molecule has 0 atom stereocenters. The molecular formula is C11H16N2O. The molecule has 0 radical (unpaired) electrons. The van der Waals surface area contributed by atoms with Gasteiger partial charge in [-0.15, -0.1) is 0 Å². The Labute approximate surface area is 84.3 Å². The van der Waals surface area contributed by atoms with Crippen LogP contribution in [-0.2, 0) is 11.3 Å². The largest absolute Gasteiger partial charge is 0.372 e. The highest BCUT2D eigenvalue weighted by Crippen LogP contribution is 2.19. The highest BCUT2D eigenvalue weighted by atomic mass is 16.1. The van der Waals surface area contributed by atoms with Crippen LogP contribution in [-0.4, -0.2) is 12.5 Å². The second-order valence-electron chi connectivity index (χ2n) is 3.28. The highest BCUT2D eigenvalue weighted by Gasteiger charge is 2.19. The minimum atomic E-state index is 0.250. The standard InChI is InChI=1S/C10H13N.CH3NO/c1-2-4-9(5-3-1)8-11-10-6-7-10;2-1-3/h1-5,10-11H,6-8H2;1H,(H2,2,3). The summed E-state index contributed by atoms with van der Waals surface area (Å²) >= 11 is 0. The number of hydrogen-bond acceptors (Lipinski definition) is 2. The summed E-state index contributed by atoms with van der Waals surface area (Å²) in [4.78, 5) is 8.58. The Balaban J connectivity index is 0.000000293. The molecule has 14 heavy (non-hydrogen) atoms. The Morgan fingerprint density at radius 2 is 1.93 bits per heavy atom. The molecule has 0 spiro atoms. The maximum atomic E-state index is 8.58. The third kappa shape index (κ3) is 4.62. The van der Waals surface area contributed by atoms with Crippen LogP contribution in [0.15, 0.2) is 30.3 Å². The van der Waals surface area contributed by atoms with E-state index >= 15 is 0 Å². The molecule has 1 aliphatic carbocycles. The van der Waals surface area contributed by atoms with E-state index in [1.807, 2.05) is 0 Å². The maximum Gasteiger partial charge on any atom is 0.204 e. The van der Waals surface area contributed by atoms with Crippen LogP contribution in [0.2, 0.25) is 0 Å². The zero-order valence-corrected chi connectivity index (χ0v) is 8.15. The number of nitrogens with two attached hydrogens (primary N) is 1. The summed E-state index contributed by atoms with van der Waals surface area (Å²) in [5.41, 5.74) is 5.56. The zero-order chi connectivity index (χ0) is 10.2. The Hall–Kier alpha value is -1.35. The number of hydrogen-bond donors (Lipinski definition) is 2. The van der Waals surface area contributed by atoms with Crippen molar-refractivity contribution in [3.05, 3.63) is 35.9 Å². The quantitative estimate of drug-likeness (QED) is 0.703. The van der Waals surface area contributed by atoms with Crippen LogP contribution in [0.3, 0.4) is 0 Å². The van der Waals surface area contributed by atoms with E-state index in [1.165, 1.54) is 18.4 Å². The molecule has 3 nitrogen and oxygen atoms in total. The van der Waals surface area contributed by atoms with Crippen molar-refractivity contribution in [3.63, 3.8) is 0 Å². The van der Waals surface area contributed by atoms with Crippen molar-refractivity contribution >= 4 is 6.41 Å². The Morgan fingerprint density at radius 1 is 1.36 bits per heavy atom. The molecule has 0 saturated heterocycles. The second-order valence-corrected chi connectivity index (χ2v) is 3.28. The second kappa shape index (κ2) is 6.16. The van der Waals surface area contributed by atoms with Crippen LogP contribution in [0.4, 0.5) is 0 Å². The first-order valence-corrected chi connectivity index (χ1v) is 4.79. The summed E-state index contributed by atoms with van der Waals surface area (Å²) in [5, 5.41) is 3.47. The van der Waals surface area contributed by atoms with Crippen LogP contribution in [0.25, 0.3) is 0 Å². The lowest BCUT2D eigenvalue weighted by atomic mass is 10.2. The number of benzene rings is 1. The molecule has 2 rings (SSSR count). The van der Waals surface area contributed by atoms with Crippen molar-refractivity contribution in [1.82, 2.24) is 5.32 Å². The molecule has 3 N–H and O–H groups in total. The Kier molecular flexibility index (Phi) is 4.72. The maximum absolute atomic E-state index is 8.58. The molecule has 1 aliphatic rings. The summed E-state index contributed by atoms with van der Waals surface area (Å²) in [5.74, 6) is 0. The smallest absolute Gasteiger partial charge is 0.204 e. The normalized spacial score (nSPS) is 14.0. The fraction of sp³-hybridized carbons (Fsp3) is 0.364. The zero-order valence-electron chi connectivity index (χ0n) is 8.15. The van der Waals surface area contributed by atoms with Gasteiger partial charge in [-0.2, -0.15) is 0 Å². The number of rotatable bonds is 3. The van der Waals surface area contributed by atoms with Crippen molar-refractivity contribution in [2.24, 2.45) is 5.73 Å². The van der Waals surface area contributed by atoms with E-state index < -0.39 is 0 Å². The summed E-state index contributed by atoms with van der Waals surface area (Å²) in [6.07, 6.45) is 2.99. The lowest BCUT2D eigenvalue weighted by Gasteiger charge is -2.00. The van der Waals surface area contributed by atoms with Gasteiger partial charge >= 0.3 is 0 Å². The van der Waals surface area contributed by atoms with Crippen molar-refractivity contribution in [2.45, 2.75) is 25.4 Å². The molecule has 1 amide bonds. The van der Waals surface area contributed by atoms with Crippen LogP contribution < -0.4 is 11.1 Å². The van der Waals surface area contributed by atoms with E-state index in [-0.39, 0.29) is 6.41 Å². The van der Waals surface area contributed by atoms with Crippen LogP contribution in [0.1, 0.15) is 18.4 Å². The molecule has 76 valence electrons. The first-order valence-electron chi connectivity index (χ1n) is 4.79. The van der Waals surface area contributed by atoms with E-state index in [0.29, 0.717) is 0 Å². The third-order valence-electron chi connectivity index (χ3n) is 2.02. The predicted molar refractivity (Wildman–Crippen MR) is 56.6 cm³/mol. The third-order valence-corrected chi connectivity index (χ3v) is 2.02. The Bertz CT molecular complexity index is 257. The van der Waals surface area contributed by atoms with Gasteiger partial charge in [0.05, 0.1) is 0 Å². The number of amides is 1. The van der Waals surface area contributed by atoms with Crippen molar-refractivity contribution in [2.75, 3.05) is 0 Å². The Morgan fingerprint density at radius 3 is 2.43 bits per heavy atom. The number of carbonyl (C=O) groups excluding carboxylic acids is 1. The minimum absolute atomic E-state index is 0.250. The van der Waals surface area contributed by atoms with Crippen LogP contribution in [0, 0.1) is 0 Å². The molecule has 1 aromatic carbocycles. The van der Waals surface area contributed by atoms with Gasteiger partial charge in [0.15, 0.2) is 0 Å². The molecule has 1 aromatic rings. The van der Waals surface area contributed by atoms with Gasteiger partial charge in [0.1, 0.15) is 0 Å². The van der Waals surface area contributed by atoms with E-state index in [4.69, 9.17) is 4.79 Å². The first kappa shape index (κ1) is 10.7. The van der Waals surface area contributed by atoms with E-state index in [1.54, 1.807) is 0 Å². The molecule has 0 bridgehead atoms. The van der Waals surface area contributed by atoms with Crippen molar-refractivity contribution in [3.8, 4) is 0 Å². The highest BCUT2D eigenvalue weighted by molar-refractivity contribution is 5.42. The SMILES string of the molecule is NC=O.c1ccc(CNC2CC2)cc1. The summed E-state index contributed by atoms with van der Waals surface area (Å²) in [7, 11) is 0. The molecule has 0 aromatic heterocycles. The molecule has 0 heterocycles. The fourth-order valence-corrected chi connectivity index (χ4v) is 1.15. The summed E-state index contributed by atoms with van der Waals surface area (Å²) in [6, 6.07) is 11.4. The van der Waals surface area contributed by atoms with Gasteiger partial charge < -0.3 is 11.1 Å². The number of carbonyl (C=O) groups is 1. The number of primary amides is 1.